The quantitative estimate of drug-likeness (QED) is 0.442. The van der Waals surface area contributed by atoms with E-state index in [1.807, 2.05) is 11.0 Å². The molecule has 1 aliphatic heterocycles. The average molecular weight is 163 g/mol. The zero-order valence-electron chi connectivity index (χ0n) is 7.12. The van der Waals surface area contributed by atoms with Gasteiger partial charge in [-0.25, -0.2) is 0 Å². The van der Waals surface area contributed by atoms with E-state index in [0.29, 0.717) is 0 Å². The molecule has 0 aliphatic carbocycles. The smallest absolute Gasteiger partial charge is 0.235 e. The standard InChI is InChI=1S/C10H13NO/c1-3-6-10(12)11-8-5-7-9(11)4-2/h1,4,9H,2,5-8H2. The zero-order valence-corrected chi connectivity index (χ0v) is 7.12. The summed E-state index contributed by atoms with van der Waals surface area (Å²) in [5, 5.41) is 0. The molecule has 2 nitrogen and oxygen atoms in total. The number of amides is 1. The summed E-state index contributed by atoms with van der Waals surface area (Å²) in [4.78, 5) is 13.2. The van der Waals surface area contributed by atoms with Gasteiger partial charge in [0.1, 0.15) is 0 Å². The fraction of sp³-hybridized carbons (Fsp3) is 0.500. The van der Waals surface area contributed by atoms with Gasteiger partial charge in [0.15, 0.2) is 0 Å². The van der Waals surface area contributed by atoms with Gasteiger partial charge in [-0.1, -0.05) is 12.0 Å². The minimum absolute atomic E-state index is 0.0555. The van der Waals surface area contributed by atoms with Gasteiger partial charge >= 0.3 is 0 Å². The molecule has 1 unspecified atom stereocenters. The van der Waals surface area contributed by atoms with Crippen LogP contribution in [0.4, 0.5) is 0 Å². The topological polar surface area (TPSA) is 20.3 Å². The molecular weight excluding hydrogens is 150 g/mol. The second kappa shape index (κ2) is 3.96. The Morgan fingerprint density at radius 3 is 3.17 bits per heavy atom. The predicted molar refractivity (Wildman–Crippen MR) is 48.4 cm³/mol. The predicted octanol–water partition coefficient (Wildman–Crippen LogP) is 1.19. The first-order chi connectivity index (χ1) is 5.79. The van der Waals surface area contributed by atoms with Crippen molar-refractivity contribution in [2.75, 3.05) is 6.54 Å². The van der Waals surface area contributed by atoms with E-state index < -0.39 is 0 Å². The highest BCUT2D eigenvalue weighted by molar-refractivity contribution is 5.79. The summed E-state index contributed by atoms with van der Waals surface area (Å²) in [5.74, 6) is 2.42. The minimum Gasteiger partial charge on any atom is -0.335 e. The van der Waals surface area contributed by atoms with Gasteiger partial charge in [-0.05, 0) is 12.8 Å². The lowest BCUT2D eigenvalue weighted by atomic mass is 10.2. The summed E-state index contributed by atoms with van der Waals surface area (Å²) >= 11 is 0. The van der Waals surface area contributed by atoms with Gasteiger partial charge in [0.05, 0.1) is 6.42 Å². The van der Waals surface area contributed by atoms with Crippen LogP contribution in [0.1, 0.15) is 19.3 Å². The van der Waals surface area contributed by atoms with E-state index in [2.05, 4.69) is 12.5 Å². The van der Waals surface area contributed by atoms with Crippen molar-refractivity contribution in [1.82, 2.24) is 4.90 Å². The third-order valence-corrected chi connectivity index (χ3v) is 2.14. The van der Waals surface area contributed by atoms with Gasteiger partial charge in [0.2, 0.25) is 5.91 Å². The monoisotopic (exact) mass is 163 g/mol. The third-order valence-electron chi connectivity index (χ3n) is 2.14. The number of likely N-dealkylation sites (tertiary alicyclic amines) is 1. The van der Waals surface area contributed by atoms with E-state index in [4.69, 9.17) is 6.42 Å². The molecule has 0 spiro atoms. The third kappa shape index (κ3) is 1.68. The SMILES string of the molecule is C#CCC(=O)N1CCCC1C=C. The first kappa shape index (κ1) is 8.86. The fourth-order valence-corrected chi connectivity index (χ4v) is 1.54. The second-order valence-corrected chi connectivity index (χ2v) is 2.91. The lowest BCUT2D eigenvalue weighted by molar-refractivity contribution is -0.130. The number of hydrogen-bond acceptors (Lipinski definition) is 1. The average Bonchev–Trinajstić information content (AvgIpc) is 2.51. The van der Waals surface area contributed by atoms with Gasteiger partial charge in [-0.15, -0.1) is 13.0 Å². The van der Waals surface area contributed by atoms with Crippen molar-refractivity contribution in [2.24, 2.45) is 0 Å². The lowest BCUT2D eigenvalue weighted by Gasteiger charge is -2.20. The summed E-state index contributed by atoms with van der Waals surface area (Å²) in [6.07, 6.45) is 9.18. The summed E-state index contributed by atoms with van der Waals surface area (Å²) in [5.41, 5.74) is 0. The molecule has 0 N–H and O–H groups in total. The van der Waals surface area contributed by atoms with Crippen molar-refractivity contribution in [3.05, 3.63) is 12.7 Å². The zero-order chi connectivity index (χ0) is 8.97. The van der Waals surface area contributed by atoms with E-state index >= 15 is 0 Å². The lowest BCUT2D eigenvalue weighted by Crippen LogP contribution is -2.33. The van der Waals surface area contributed by atoms with E-state index in [9.17, 15) is 4.79 Å². The Bertz CT molecular complexity index is 226. The largest absolute Gasteiger partial charge is 0.335 e. The molecule has 12 heavy (non-hydrogen) atoms. The minimum atomic E-state index is 0.0555. The van der Waals surface area contributed by atoms with Crippen molar-refractivity contribution in [2.45, 2.75) is 25.3 Å². The molecule has 1 saturated heterocycles. The Hall–Kier alpha value is -1.23. The van der Waals surface area contributed by atoms with E-state index in [1.54, 1.807) is 0 Å². The van der Waals surface area contributed by atoms with Crippen molar-refractivity contribution in [3.8, 4) is 12.3 Å². The number of terminal acetylenes is 1. The molecule has 1 rings (SSSR count). The van der Waals surface area contributed by atoms with Crippen LogP contribution in [0, 0.1) is 12.3 Å². The second-order valence-electron chi connectivity index (χ2n) is 2.91. The Balaban J connectivity index is 2.56. The van der Waals surface area contributed by atoms with Crippen LogP contribution in [0.25, 0.3) is 0 Å². The summed E-state index contributed by atoms with van der Waals surface area (Å²) in [6.45, 7) is 4.52. The van der Waals surface area contributed by atoms with Crippen LogP contribution in [0.15, 0.2) is 12.7 Å². The normalized spacial score (nSPS) is 21.9. The van der Waals surface area contributed by atoms with Crippen molar-refractivity contribution < 1.29 is 4.79 Å². The fourth-order valence-electron chi connectivity index (χ4n) is 1.54. The van der Waals surface area contributed by atoms with Crippen LogP contribution in [-0.2, 0) is 4.79 Å². The molecule has 1 aliphatic rings. The molecule has 1 atom stereocenters. The maximum absolute atomic E-state index is 11.4. The summed E-state index contributed by atoms with van der Waals surface area (Å²) in [7, 11) is 0. The van der Waals surface area contributed by atoms with E-state index in [-0.39, 0.29) is 18.4 Å². The molecule has 1 fully saturated rings. The van der Waals surface area contributed by atoms with Gasteiger partial charge < -0.3 is 4.90 Å². The maximum atomic E-state index is 11.4. The summed E-state index contributed by atoms with van der Waals surface area (Å²) < 4.78 is 0. The molecule has 1 amide bonds. The van der Waals surface area contributed by atoms with Crippen LogP contribution in [0.5, 0.6) is 0 Å². The molecule has 0 aromatic heterocycles. The van der Waals surface area contributed by atoms with Crippen LogP contribution < -0.4 is 0 Å². The molecular formula is C10H13NO. The van der Waals surface area contributed by atoms with Crippen molar-refractivity contribution in [1.29, 1.82) is 0 Å². The van der Waals surface area contributed by atoms with E-state index in [1.165, 1.54) is 0 Å². The molecule has 64 valence electrons. The van der Waals surface area contributed by atoms with Crippen LogP contribution in [0.2, 0.25) is 0 Å². The molecule has 1 heterocycles. The molecule has 2 heteroatoms. The van der Waals surface area contributed by atoms with Gasteiger partial charge in [-0.2, -0.15) is 0 Å². The van der Waals surface area contributed by atoms with Crippen molar-refractivity contribution in [3.63, 3.8) is 0 Å². The number of carbonyl (C=O) groups is 1. The first-order valence-corrected chi connectivity index (χ1v) is 4.15. The van der Waals surface area contributed by atoms with Crippen molar-refractivity contribution >= 4 is 5.91 Å². The van der Waals surface area contributed by atoms with Gasteiger partial charge in [-0.3, -0.25) is 4.79 Å². The number of rotatable bonds is 2. The number of hydrogen-bond donors (Lipinski definition) is 0. The first-order valence-electron chi connectivity index (χ1n) is 4.15. The molecule has 0 aromatic carbocycles. The highest BCUT2D eigenvalue weighted by Crippen LogP contribution is 2.18. The summed E-state index contributed by atoms with van der Waals surface area (Å²) in [6, 6.07) is 0.214. The number of carbonyl (C=O) groups excluding carboxylic acids is 1. The van der Waals surface area contributed by atoms with E-state index in [0.717, 1.165) is 19.4 Å². The molecule has 0 bridgehead atoms. The van der Waals surface area contributed by atoms with Gasteiger partial charge in [0.25, 0.3) is 0 Å². The van der Waals surface area contributed by atoms with Gasteiger partial charge in [0, 0.05) is 12.6 Å². The Labute approximate surface area is 73.2 Å². The molecule has 0 radical (unpaired) electrons. The van der Waals surface area contributed by atoms with Crippen LogP contribution in [0.3, 0.4) is 0 Å². The van der Waals surface area contributed by atoms with Crippen LogP contribution >= 0.6 is 0 Å². The number of nitrogens with zero attached hydrogens (tertiary/aromatic N) is 1. The Kier molecular flexibility index (Phi) is 2.93. The molecule has 0 aromatic rings. The maximum Gasteiger partial charge on any atom is 0.235 e. The molecule has 0 saturated carbocycles. The highest BCUT2D eigenvalue weighted by Gasteiger charge is 2.25. The highest BCUT2D eigenvalue weighted by atomic mass is 16.2. The Morgan fingerprint density at radius 1 is 1.83 bits per heavy atom. The van der Waals surface area contributed by atoms with Crippen LogP contribution in [-0.4, -0.2) is 23.4 Å². The Morgan fingerprint density at radius 2 is 2.58 bits per heavy atom.